The highest BCUT2D eigenvalue weighted by Gasteiger charge is 2.20. The summed E-state index contributed by atoms with van der Waals surface area (Å²) in [4.78, 5) is 21.7. The van der Waals surface area contributed by atoms with Crippen LogP contribution in [-0.2, 0) is 9.53 Å². The van der Waals surface area contributed by atoms with Crippen molar-refractivity contribution in [2.45, 2.75) is 0 Å². The van der Waals surface area contributed by atoms with Gasteiger partial charge in [-0.3, -0.25) is 4.79 Å². The first-order chi connectivity index (χ1) is 7.56. The summed E-state index contributed by atoms with van der Waals surface area (Å²) in [5.74, 6) is -3.65. The number of Topliss-reactive ketones (excluding diaryl/α,β-unsaturated/α-hetero) is 1. The fraction of sp³-hybridized carbons (Fsp3) is 0.200. The molecule has 0 unspecified atom stereocenters. The molecule has 86 valence electrons. The van der Waals surface area contributed by atoms with E-state index in [2.05, 4.69) is 4.74 Å². The fourth-order valence-corrected chi connectivity index (χ4v) is 1.04. The molecule has 0 saturated carbocycles. The lowest BCUT2D eigenvalue weighted by atomic mass is 10.1. The van der Waals surface area contributed by atoms with Crippen LogP contribution in [0.15, 0.2) is 18.2 Å². The summed E-state index contributed by atoms with van der Waals surface area (Å²) in [5, 5.41) is 8.52. The van der Waals surface area contributed by atoms with Gasteiger partial charge in [-0.15, -0.1) is 0 Å². The van der Waals surface area contributed by atoms with Crippen LogP contribution >= 0.6 is 0 Å². The number of methoxy groups -OCH3 is 1. The molecule has 16 heavy (non-hydrogen) atoms. The van der Waals surface area contributed by atoms with Crippen molar-refractivity contribution >= 4 is 11.8 Å². The van der Waals surface area contributed by atoms with E-state index in [4.69, 9.17) is 9.84 Å². The number of carbonyl (C=O) groups excluding carboxylic acids is 1. The zero-order valence-corrected chi connectivity index (χ0v) is 8.40. The molecule has 1 aromatic carbocycles. The molecular formula is C10H9FO5. The molecule has 0 aliphatic heterocycles. The molecule has 0 aromatic heterocycles. The highest BCUT2D eigenvalue weighted by molar-refractivity contribution is 6.40. The van der Waals surface area contributed by atoms with Crippen molar-refractivity contribution in [2.24, 2.45) is 0 Å². The van der Waals surface area contributed by atoms with Gasteiger partial charge in [0.15, 0.2) is 6.79 Å². The molecule has 0 aliphatic carbocycles. The van der Waals surface area contributed by atoms with E-state index < -0.39 is 17.6 Å². The van der Waals surface area contributed by atoms with Gasteiger partial charge in [-0.25, -0.2) is 9.18 Å². The van der Waals surface area contributed by atoms with Gasteiger partial charge in [-0.1, -0.05) is 0 Å². The predicted octanol–water partition coefficient (Wildman–Crippen LogP) is 1.08. The molecule has 6 heteroatoms. The van der Waals surface area contributed by atoms with Crippen LogP contribution in [0.2, 0.25) is 0 Å². The summed E-state index contributed by atoms with van der Waals surface area (Å²) in [6.07, 6.45) is 0. The Morgan fingerprint density at radius 1 is 1.44 bits per heavy atom. The summed E-state index contributed by atoms with van der Waals surface area (Å²) in [6.45, 7) is -0.161. The quantitative estimate of drug-likeness (QED) is 0.463. The van der Waals surface area contributed by atoms with E-state index in [1.165, 1.54) is 13.2 Å². The summed E-state index contributed by atoms with van der Waals surface area (Å²) in [6, 6.07) is 3.04. The molecule has 0 spiro atoms. The number of carboxylic acids is 1. The first-order valence-electron chi connectivity index (χ1n) is 4.25. The van der Waals surface area contributed by atoms with Crippen molar-refractivity contribution in [3.63, 3.8) is 0 Å². The molecule has 1 N–H and O–H groups in total. The number of ether oxygens (including phenoxy) is 2. The summed E-state index contributed by atoms with van der Waals surface area (Å²) < 4.78 is 22.4. The Kier molecular flexibility index (Phi) is 3.96. The van der Waals surface area contributed by atoms with Gasteiger partial charge < -0.3 is 14.6 Å². The number of carboxylic acid groups (broad SMARTS) is 1. The van der Waals surface area contributed by atoms with Gasteiger partial charge >= 0.3 is 5.97 Å². The van der Waals surface area contributed by atoms with E-state index in [-0.39, 0.29) is 18.1 Å². The Morgan fingerprint density at radius 3 is 2.69 bits per heavy atom. The number of carbonyl (C=O) groups is 2. The minimum absolute atomic E-state index is 0.0318. The Morgan fingerprint density at radius 2 is 2.12 bits per heavy atom. The van der Waals surface area contributed by atoms with Crippen molar-refractivity contribution in [3.8, 4) is 5.75 Å². The molecule has 0 bridgehead atoms. The third-order valence-electron chi connectivity index (χ3n) is 1.71. The fourth-order valence-electron chi connectivity index (χ4n) is 1.04. The summed E-state index contributed by atoms with van der Waals surface area (Å²) >= 11 is 0. The van der Waals surface area contributed by atoms with Crippen molar-refractivity contribution in [2.75, 3.05) is 13.9 Å². The van der Waals surface area contributed by atoms with Crippen LogP contribution in [0.1, 0.15) is 10.4 Å². The normalized spacial score (nSPS) is 9.88. The van der Waals surface area contributed by atoms with Crippen LogP contribution in [0.5, 0.6) is 5.75 Å². The SMILES string of the molecule is COCOc1ccc(F)cc1C(=O)C(=O)O. The maximum absolute atomic E-state index is 12.9. The van der Waals surface area contributed by atoms with E-state index in [1.54, 1.807) is 0 Å². The second kappa shape index (κ2) is 5.22. The molecule has 5 nitrogen and oxygen atoms in total. The number of benzene rings is 1. The molecule has 0 atom stereocenters. The van der Waals surface area contributed by atoms with Gasteiger partial charge in [-0.05, 0) is 18.2 Å². The highest BCUT2D eigenvalue weighted by Crippen LogP contribution is 2.20. The standard InChI is InChI=1S/C10H9FO5/c1-15-5-16-8-3-2-6(11)4-7(8)9(12)10(13)14/h2-4H,5H2,1H3,(H,13,14). The Bertz CT molecular complexity index is 416. The molecular weight excluding hydrogens is 219 g/mol. The first kappa shape index (κ1) is 12.1. The van der Waals surface area contributed by atoms with Gasteiger partial charge in [-0.2, -0.15) is 0 Å². The van der Waals surface area contributed by atoms with Gasteiger partial charge in [0, 0.05) is 7.11 Å². The first-order valence-corrected chi connectivity index (χ1v) is 4.25. The zero-order valence-electron chi connectivity index (χ0n) is 8.40. The molecule has 0 fully saturated rings. The third-order valence-corrected chi connectivity index (χ3v) is 1.71. The molecule has 1 rings (SSSR count). The Labute approximate surface area is 90.4 Å². The maximum atomic E-state index is 12.9. The molecule has 0 aliphatic rings. The molecule has 0 heterocycles. The van der Waals surface area contributed by atoms with Crippen LogP contribution in [0.25, 0.3) is 0 Å². The van der Waals surface area contributed by atoms with Crippen molar-refractivity contribution in [1.29, 1.82) is 0 Å². The largest absolute Gasteiger partial charge is 0.475 e. The van der Waals surface area contributed by atoms with Crippen molar-refractivity contribution in [1.82, 2.24) is 0 Å². The second-order valence-corrected chi connectivity index (χ2v) is 2.83. The van der Waals surface area contributed by atoms with E-state index in [0.29, 0.717) is 0 Å². The number of ketones is 1. The van der Waals surface area contributed by atoms with E-state index in [1.807, 2.05) is 0 Å². The average molecular weight is 228 g/mol. The van der Waals surface area contributed by atoms with Crippen LogP contribution in [0.4, 0.5) is 4.39 Å². The zero-order chi connectivity index (χ0) is 12.1. The van der Waals surface area contributed by atoms with Crippen LogP contribution < -0.4 is 4.74 Å². The van der Waals surface area contributed by atoms with Gasteiger partial charge in [0.1, 0.15) is 11.6 Å². The van der Waals surface area contributed by atoms with E-state index in [9.17, 15) is 14.0 Å². The molecule has 0 radical (unpaired) electrons. The Hall–Kier alpha value is -1.95. The predicted molar refractivity (Wildman–Crippen MR) is 50.9 cm³/mol. The molecule has 0 saturated heterocycles. The lowest BCUT2D eigenvalue weighted by Crippen LogP contribution is -2.15. The van der Waals surface area contributed by atoms with Crippen LogP contribution in [-0.4, -0.2) is 30.8 Å². The number of hydrogen-bond donors (Lipinski definition) is 1. The third kappa shape index (κ3) is 2.77. The monoisotopic (exact) mass is 228 g/mol. The van der Waals surface area contributed by atoms with E-state index >= 15 is 0 Å². The van der Waals surface area contributed by atoms with Crippen LogP contribution in [0, 0.1) is 5.82 Å². The van der Waals surface area contributed by atoms with Gasteiger partial charge in [0.2, 0.25) is 0 Å². The number of rotatable bonds is 5. The van der Waals surface area contributed by atoms with E-state index in [0.717, 1.165) is 12.1 Å². The smallest absolute Gasteiger partial charge is 0.377 e. The highest BCUT2D eigenvalue weighted by atomic mass is 19.1. The lowest BCUT2D eigenvalue weighted by molar-refractivity contribution is -0.131. The molecule has 1 aromatic rings. The summed E-state index contributed by atoms with van der Waals surface area (Å²) in [7, 11) is 1.36. The average Bonchev–Trinajstić information content (AvgIpc) is 2.26. The topological polar surface area (TPSA) is 72.8 Å². The minimum atomic E-state index is -1.67. The summed E-state index contributed by atoms with van der Waals surface area (Å²) in [5.41, 5.74) is -0.343. The maximum Gasteiger partial charge on any atom is 0.377 e. The minimum Gasteiger partial charge on any atom is -0.475 e. The van der Waals surface area contributed by atoms with Crippen molar-refractivity contribution < 1.29 is 28.6 Å². The molecule has 0 amide bonds. The second-order valence-electron chi connectivity index (χ2n) is 2.83. The van der Waals surface area contributed by atoms with Crippen LogP contribution in [0.3, 0.4) is 0 Å². The van der Waals surface area contributed by atoms with Gasteiger partial charge in [0.25, 0.3) is 5.78 Å². The Balaban J connectivity index is 3.07. The number of aliphatic carboxylic acids is 1. The van der Waals surface area contributed by atoms with Gasteiger partial charge in [0.05, 0.1) is 5.56 Å². The lowest BCUT2D eigenvalue weighted by Gasteiger charge is -2.08. The number of halogens is 1. The van der Waals surface area contributed by atoms with Crippen molar-refractivity contribution in [3.05, 3.63) is 29.6 Å². The number of hydrogen-bond acceptors (Lipinski definition) is 4.